The van der Waals surface area contributed by atoms with Gasteiger partial charge in [0.15, 0.2) is 5.78 Å². The number of ketones is 1. The van der Waals surface area contributed by atoms with Crippen molar-refractivity contribution in [2.45, 2.75) is 33.2 Å². The molecule has 4 nitrogen and oxygen atoms in total. The lowest BCUT2D eigenvalue weighted by Crippen LogP contribution is -2.17. The monoisotopic (exact) mass is 269 g/mol. The predicted octanol–water partition coefficient (Wildman–Crippen LogP) is 2.53. The molecule has 1 heterocycles. The lowest BCUT2D eigenvalue weighted by molar-refractivity contribution is 0.0934. The van der Waals surface area contributed by atoms with Crippen molar-refractivity contribution in [2.75, 3.05) is 0 Å². The summed E-state index contributed by atoms with van der Waals surface area (Å²) in [5, 5.41) is 4.27. The van der Waals surface area contributed by atoms with Crippen LogP contribution >= 0.6 is 0 Å². The first-order valence-corrected chi connectivity index (χ1v) is 7.14. The molecule has 0 spiro atoms. The predicted molar refractivity (Wildman–Crippen MR) is 76.5 cm³/mol. The molecular formula is C16H19N3O. The maximum absolute atomic E-state index is 12.4. The highest BCUT2D eigenvalue weighted by Crippen LogP contribution is 2.28. The first-order valence-electron chi connectivity index (χ1n) is 7.14. The zero-order chi connectivity index (χ0) is 14.1. The minimum Gasteiger partial charge on any atom is -0.294 e. The van der Waals surface area contributed by atoms with Crippen LogP contribution < -0.4 is 0 Å². The molecule has 1 atom stereocenters. The standard InChI is InChI=1S/C16H19N3O/c1-11(2)9-19-15(17-10-18-19)8-13-7-12-5-3-4-6-14(12)16(13)20/h3-6,10-11,13H,7-9H2,1-2H3. The van der Waals surface area contributed by atoms with Gasteiger partial charge in [-0.15, -0.1) is 0 Å². The Kier molecular flexibility index (Phi) is 3.38. The summed E-state index contributed by atoms with van der Waals surface area (Å²) >= 11 is 0. The first kappa shape index (κ1) is 13.0. The Hall–Kier alpha value is -1.97. The molecule has 104 valence electrons. The van der Waals surface area contributed by atoms with Crippen molar-refractivity contribution >= 4 is 5.78 Å². The Morgan fingerprint density at radius 3 is 2.90 bits per heavy atom. The van der Waals surface area contributed by atoms with E-state index < -0.39 is 0 Å². The molecule has 0 saturated heterocycles. The van der Waals surface area contributed by atoms with Crippen LogP contribution in [-0.4, -0.2) is 20.5 Å². The molecule has 0 saturated carbocycles. The SMILES string of the molecule is CC(C)Cn1ncnc1CC1Cc2ccccc2C1=O. The van der Waals surface area contributed by atoms with E-state index in [1.165, 1.54) is 0 Å². The Balaban J connectivity index is 1.77. The van der Waals surface area contributed by atoms with Crippen molar-refractivity contribution < 1.29 is 4.79 Å². The van der Waals surface area contributed by atoms with Gasteiger partial charge in [0, 0.05) is 24.4 Å². The zero-order valence-corrected chi connectivity index (χ0v) is 11.9. The van der Waals surface area contributed by atoms with Crippen LogP contribution in [0, 0.1) is 11.8 Å². The Morgan fingerprint density at radius 2 is 2.15 bits per heavy atom. The minimum atomic E-state index is 0.0162. The van der Waals surface area contributed by atoms with Crippen molar-refractivity contribution in [2.24, 2.45) is 11.8 Å². The average Bonchev–Trinajstić information content (AvgIpc) is 2.96. The second kappa shape index (κ2) is 5.19. The fourth-order valence-corrected chi connectivity index (χ4v) is 2.85. The molecule has 0 N–H and O–H groups in total. The second-order valence-electron chi connectivity index (χ2n) is 5.88. The lowest BCUT2D eigenvalue weighted by Gasteiger charge is -2.11. The highest BCUT2D eigenvalue weighted by atomic mass is 16.1. The molecule has 1 aromatic heterocycles. The summed E-state index contributed by atoms with van der Waals surface area (Å²) in [5.74, 6) is 1.71. The number of aromatic nitrogens is 3. The van der Waals surface area contributed by atoms with Crippen molar-refractivity contribution in [1.82, 2.24) is 14.8 Å². The van der Waals surface area contributed by atoms with Gasteiger partial charge in [-0.3, -0.25) is 4.79 Å². The summed E-state index contributed by atoms with van der Waals surface area (Å²) in [6.07, 6.45) is 3.09. The third-order valence-electron chi connectivity index (χ3n) is 3.78. The molecule has 0 bridgehead atoms. The molecular weight excluding hydrogens is 250 g/mol. The molecule has 20 heavy (non-hydrogen) atoms. The lowest BCUT2D eigenvalue weighted by atomic mass is 10.0. The molecule has 1 aliphatic rings. The van der Waals surface area contributed by atoms with E-state index in [2.05, 4.69) is 23.9 Å². The second-order valence-corrected chi connectivity index (χ2v) is 5.88. The third kappa shape index (κ3) is 2.38. The fraction of sp³-hybridized carbons (Fsp3) is 0.438. The molecule has 1 aliphatic carbocycles. The van der Waals surface area contributed by atoms with E-state index in [-0.39, 0.29) is 11.7 Å². The normalized spacial score (nSPS) is 17.8. The third-order valence-corrected chi connectivity index (χ3v) is 3.78. The molecule has 1 aromatic carbocycles. The quantitative estimate of drug-likeness (QED) is 0.857. The summed E-state index contributed by atoms with van der Waals surface area (Å²) in [6, 6.07) is 7.90. The maximum atomic E-state index is 12.4. The van der Waals surface area contributed by atoms with E-state index in [0.717, 1.165) is 29.9 Å². The van der Waals surface area contributed by atoms with Crippen molar-refractivity contribution in [3.05, 3.63) is 47.5 Å². The van der Waals surface area contributed by atoms with Gasteiger partial charge in [0.05, 0.1) is 0 Å². The Bertz CT molecular complexity index is 630. The number of carbonyl (C=O) groups is 1. The van der Waals surface area contributed by atoms with Crippen LogP contribution in [0.1, 0.15) is 35.6 Å². The molecule has 1 unspecified atom stereocenters. The summed E-state index contributed by atoms with van der Waals surface area (Å²) in [4.78, 5) is 16.7. The van der Waals surface area contributed by atoms with Crippen molar-refractivity contribution in [3.8, 4) is 0 Å². The summed E-state index contributed by atoms with van der Waals surface area (Å²) < 4.78 is 1.93. The van der Waals surface area contributed by atoms with E-state index in [1.54, 1.807) is 6.33 Å². The Morgan fingerprint density at radius 1 is 1.35 bits per heavy atom. The number of hydrogen-bond acceptors (Lipinski definition) is 3. The minimum absolute atomic E-state index is 0.0162. The fourth-order valence-electron chi connectivity index (χ4n) is 2.85. The number of rotatable bonds is 4. The topological polar surface area (TPSA) is 47.8 Å². The van der Waals surface area contributed by atoms with Gasteiger partial charge in [-0.25, -0.2) is 9.67 Å². The average molecular weight is 269 g/mol. The van der Waals surface area contributed by atoms with Crippen LogP contribution in [0.3, 0.4) is 0 Å². The number of hydrogen-bond donors (Lipinski definition) is 0. The van der Waals surface area contributed by atoms with Gasteiger partial charge in [-0.1, -0.05) is 38.1 Å². The molecule has 0 amide bonds. The first-order chi connectivity index (χ1) is 9.65. The van der Waals surface area contributed by atoms with Crippen LogP contribution in [0.5, 0.6) is 0 Å². The zero-order valence-electron chi connectivity index (χ0n) is 11.9. The van der Waals surface area contributed by atoms with E-state index in [0.29, 0.717) is 12.3 Å². The van der Waals surface area contributed by atoms with Gasteiger partial charge in [0.25, 0.3) is 0 Å². The summed E-state index contributed by atoms with van der Waals surface area (Å²) in [7, 11) is 0. The van der Waals surface area contributed by atoms with Crippen LogP contribution in [-0.2, 0) is 19.4 Å². The van der Waals surface area contributed by atoms with Gasteiger partial charge in [-0.05, 0) is 17.9 Å². The molecule has 2 aromatic rings. The van der Waals surface area contributed by atoms with Gasteiger partial charge >= 0.3 is 0 Å². The molecule has 0 aliphatic heterocycles. The van der Waals surface area contributed by atoms with Crippen molar-refractivity contribution in [1.29, 1.82) is 0 Å². The number of nitrogens with zero attached hydrogens (tertiary/aromatic N) is 3. The van der Waals surface area contributed by atoms with Crippen LogP contribution in [0.4, 0.5) is 0 Å². The number of carbonyl (C=O) groups excluding carboxylic acids is 1. The molecule has 0 fully saturated rings. The van der Waals surface area contributed by atoms with Crippen LogP contribution in [0.2, 0.25) is 0 Å². The molecule has 4 heteroatoms. The van der Waals surface area contributed by atoms with Gasteiger partial charge < -0.3 is 0 Å². The van der Waals surface area contributed by atoms with E-state index in [4.69, 9.17) is 0 Å². The van der Waals surface area contributed by atoms with E-state index >= 15 is 0 Å². The number of fused-ring (bicyclic) bond motifs is 1. The molecule has 0 radical (unpaired) electrons. The highest BCUT2D eigenvalue weighted by molar-refractivity contribution is 6.02. The van der Waals surface area contributed by atoms with Crippen LogP contribution in [0.25, 0.3) is 0 Å². The smallest absolute Gasteiger partial charge is 0.167 e. The molecule has 3 rings (SSSR count). The summed E-state index contributed by atoms with van der Waals surface area (Å²) in [6.45, 7) is 5.16. The summed E-state index contributed by atoms with van der Waals surface area (Å²) in [5.41, 5.74) is 2.05. The largest absolute Gasteiger partial charge is 0.294 e. The maximum Gasteiger partial charge on any atom is 0.167 e. The van der Waals surface area contributed by atoms with E-state index in [9.17, 15) is 4.79 Å². The number of benzene rings is 1. The van der Waals surface area contributed by atoms with Crippen molar-refractivity contribution in [3.63, 3.8) is 0 Å². The van der Waals surface area contributed by atoms with Crippen LogP contribution in [0.15, 0.2) is 30.6 Å². The van der Waals surface area contributed by atoms with E-state index in [1.807, 2.05) is 28.9 Å². The van der Waals surface area contributed by atoms with Gasteiger partial charge in [-0.2, -0.15) is 5.10 Å². The van der Waals surface area contributed by atoms with Gasteiger partial charge in [0.2, 0.25) is 0 Å². The number of Topliss-reactive ketones (excluding diaryl/α,β-unsaturated/α-hetero) is 1. The highest BCUT2D eigenvalue weighted by Gasteiger charge is 2.31. The Labute approximate surface area is 118 Å². The van der Waals surface area contributed by atoms with Gasteiger partial charge in [0.1, 0.15) is 12.2 Å².